The Bertz CT molecular complexity index is 470. The van der Waals surface area contributed by atoms with Crippen molar-refractivity contribution in [3.05, 3.63) is 0 Å². The van der Waals surface area contributed by atoms with Gasteiger partial charge >= 0.3 is 0 Å². The minimum atomic E-state index is -3.67. The van der Waals surface area contributed by atoms with Crippen molar-refractivity contribution in [1.82, 2.24) is 9.80 Å². The first-order chi connectivity index (χ1) is 15.6. The Kier molecular flexibility index (Phi) is 41.5. The molecular weight excluding hydrogens is 508 g/mol. The topological polar surface area (TPSA) is 277 Å². The summed E-state index contributed by atoms with van der Waals surface area (Å²) in [5.74, 6) is 0. The lowest BCUT2D eigenvalue weighted by Crippen LogP contribution is -2.32. The molecule has 0 radical (unpaired) electrons. The van der Waals surface area contributed by atoms with E-state index in [1.54, 1.807) is 9.80 Å². The fraction of sp³-hybridized carbons (Fsp3) is 1.00. The molecule has 0 aliphatic rings. The summed E-state index contributed by atoms with van der Waals surface area (Å²) in [7, 11) is -7.33. The van der Waals surface area contributed by atoms with E-state index in [1.807, 2.05) is 0 Å². The molecule has 0 aromatic heterocycles. The van der Waals surface area contributed by atoms with Crippen LogP contribution in [0.4, 0.5) is 0 Å². The van der Waals surface area contributed by atoms with Gasteiger partial charge in [-0.2, -0.15) is 16.8 Å². The first kappa shape index (κ1) is 43.5. The third kappa shape index (κ3) is 85.7. The molecule has 0 amide bonds. The van der Waals surface area contributed by atoms with Crippen molar-refractivity contribution < 1.29 is 66.8 Å². The van der Waals surface area contributed by atoms with E-state index in [4.69, 9.17) is 50.0 Å². The summed E-state index contributed by atoms with van der Waals surface area (Å²) < 4.78 is 51.7. The lowest BCUT2D eigenvalue weighted by molar-refractivity contribution is 0.136. The van der Waals surface area contributed by atoms with E-state index in [0.717, 1.165) is 0 Å². The Morgan fingerprint density at radius 3 is 0.588 bits per heavy atom. The van der Waals surface area contributed by atoms with Crippen molar-refractivity contribution in [3.8, 4) is 0 Å². The molecule has 0 aliphatic carbocycles. The van der Waals surface area contributed by atoms with E-state index in [2.05, 4.69) is 0 Å². The summed E-state index contributed by atoms with van der Waals surface area (Å²) in [6, 6.07) is 0. The molecule has 0 fully saturated rings. The van der Waals surface area contributed by atoms with Crippen molar-refractivity contribution in [3.63, 3.8) is 0 Å². The second-order valence-corrected chi connectivity index (χ2v) is 8.87. The van der Waals surface area contributed by atoms with E-state index in [0.29, 0.717) is 51.8 Å². The van der Waals surface area contributed by atoms with Crippen LogP contribution in [0.5, 0.6) is 0 Å². The van der Waals surface area contributed by atoms with Crippen molar-refractivity contribution in [1.29, 1.82) is 0 Å². The Balaban J connectivity index is -0.000000109. The highest BCUT2D eigenvalue weighted by Crippen LogP contribution is 1.85. The van der Waals surface area contributed by atoms with E-state index in [9.17, 15) is 16.8 Å². The molecule has 0 bridgehead atoms. The van der Waals surface area contributed by atoms with Crippen LogP contribution in [0.25, 0.3) is 0 Å². The Labute approximate surface area is 201 Å². The molecule has 0 rings (SSSR count). The highest BCUT2D eigenvalue weighted by Gasteiger charge is 2.01. The van der Waals surface area contributed by atoms with Gasteiger partial charge in [-0.3, -0.25) is 18.9 Å². The van der Waals surface area contributed by atoms with Crippen LogP contribution >= 0.6 is 0 Å². The molecule has 0 aromatic carbocycles. The minimum Gasteiger partial charge on any atom is -0.395 e. The van der Waals surface area contributed by atoms with E-state index >= 15 is 0 Å². The maximum atomic E-state index is 9.19. The van der Waals surface area contributed by atoms with Crippen LogP contribution in [-0.4, -0.2) is 181 Å². The van der Waals surface area contributed by atoms with Gasteiger partial charge in [-0.05, 0) is 0 Å². The van der Waals surface area contributed by atoms with Crippen LogP contribution in [0.15, 0.2) is 0 Å². The maximum Gasteiger partial charge on any atom is 0.261 e. The molecule has 0 saturated heterocycles. The summed E-state index contributed by atoms with van der Waals surface area (Å²) in [6.45, 7) is 3.26. The molecule has 18 heteroatoms. The van der Waals surface area contributed by atoms with Gasteiger partial charge in [0, 0.05) is 39.3 Å². The van der Waals surface area contributed by atoms with Gasteiger partial charge in [0.15, 0.2) is 0 Å². The first-order valence-electron chi connectivity index (χ1n) is 9.78. The van der Waals surface area contributed by atoms with Crippen molar-refractivity contribution in [2.45, 2.75) is 0 Å². The third-order valence-corrected chi connectivity index (χ3v) is 2.60. The molecular formula is C16H44N2O14S2. The van der Waals surface area contributed by atoms with Gasteiger partial charge in [0.25, 0.3) is 20.2 Å². The quantitative estimate of drug-likeness (QED) is 0.0954. The molecule has 34 heavy (non-hydrogen) atoms. The van der Waals surface area contributed by atoms with Gasteiger partial charge in [-0.1, -0.05) is 0 Å². The third-order valence-electron chi connectivity index (χ3n) is 2.60. The SMILES string of the molecule is CS(=O)(=O)O.CS(=O)(=O)O.OCCN(CCO)CCO.OCCN(CCO)CCO.OCCO. The predicted molar refractivity (Wildman–Crippen MR) is 125 cm³/mol. The second-order valence-electron chi connectivity index (χ2n) is 5.94. The molecule has 0 atom stereocenters. The van der Waals surface area contributed by atoms with Gasteiger partial charge in [0.1, 0.15) is 0 Å². The van der Waals surface area contributed by atoms with Crippen LogP contribution in [-0.2, 0) is 20.2 Å². The molecule has 0 unspecified atom stereocenters. The van der Waals surface area contributed by atoms with Crippen molar-refractivity contribution in [2.24, 2.45) is 0 Å². The minimum absolute atomic E-state index is 0.0694. The van der Waals surface area contributed by atoms with Crippen LogP contribution in [0.2, 0.25) is 0 Å². The highest BCUT2D eigenvalue weighted by molar-refractivity contribution is 7.85. The fourth-order valence-corrected chi connectivity index (χ4v) is 1.52. The van der Waals surface area contributed by atoms with Gasteiger partial charge in [0.05, 0.1) is 65.4 Å². The largest absolute Gasteiger partial charge is 0.395 e. The Morgan fingerprint density at radius 1 is 0.412 bits per heavy atom. The molecule has 0 aliphatic heterocycles. The van der Waals surface area contributed by atoms with Crippen molar-refractivity contribution >= 4 is 20.2 Å². The zero-order valence-electron chi connectivity index (χ0n) is 19.7. The normalized spacial score (nSPS) is 10.6. The lowest BCUT2D eigenvalue weighted by atomic mass is 10.4. The fourth-order valence-electron chi connectivity index (χ4n) is 1.52. The number of hydrogen-bond donors (Lipinski definition) is 10. The van der Waals surface area contributed by atoms with E-state index in [-0.39, 0.29) is 52.9 Å². The van der Waals surface area contributed by atoms with Crippen LogP contribution < -0.4 is 0 Å². The van der Waals surface area contributed by atoms with Gasteiger partial charge < -0.3 is 40.9 Å². The maximum absolute atomic E-state index is 9.19. The van der Waals surface area contributed by atoms with E-state index in [1.165, 1.54) is 0 Å². The standard InChI is InChI=1S/2C6H15NO3.C2H6O2.2CH4O3S/c2*8-4-1-7(2-5-9)3-6-10;3-1-2-4;2*1-5(2,3)4/h2*8-10H,1-6H2;3-4H,1-2H2;2*1H3,(H,2,3,4). The molecule has 16 nitrogen and oxygen atoms in total. The van der Waals surface area contributed by atoms with Gasteiger partial charge in [0.2, 0.25) is 0 Å². The summed E-state index contributed by atoms with van der Waals surface area (Å²) in [5, 5.41) is 66.2. The Morgan fingerprint density at radius 2 is 0.529 bits per heavy atom. The Hall–Kier alpha value is -0.580. The summed E-state index contributed by atoms with van der Waals surface area (Å²) in [6.07, 6.45) is 1.43. The highest BCUT2D eigenvalue weighted by atomic mass is 32.2. The van der Waals surface area contributed by atoms with Crippen molar-refractivity contribution in [2.75, 3.05) is 105 Å². The molecule has 0 spiro atoms. The predicted octanol–water partition coefficient (Wildman–Crippen LogP) is -5.49. The smallest absolute Gasteiger partial charge is 0.261 e. The number of aliphatic hydroxyl groups excluding tert-OH is 8. The summed E-state index contributed by atoms with van der Waals surface area (Å²) in [5.41, 5.74) is 0. The zero-order chi connectivity index (χ0) is 28.1. The number of nitrogens with zero attached hydrogens (tertiary/aromatic N) is 2. The summed E-state index contributed by atoms with van der Waals surface area (Å²) in [4.78, 5) is 3.58. The average molecular weight is 553 g/mol. The summed E-state index contributed by atoms with van der Waals surface area (Å²) >= 11 is 0. The van der Waals surface area contributed by atoms with Crippen LogP contribution in [0, 0.1) is 0 Å². The molecule has 10 N–H and O–H groups in total. The number of rotatable bonds is 13. The second kappa shape index (κ2) is 32.4. The van der Waals surface area contributed by atoms with Crippen LogP contribution in [0.1, 0.15) is 0 Å². The lowest BCUT2D eigenvalue weighted by Gasteiger charge is -2.17. The van der Waals surface area contributed by atoms with Crippen LogP contribution in [0.3, 0.4) is 0 Å². The zero-order valence-corrected chi connectivity index (χ0v) is 21.3. The number of aliphatic hydroxyl groups is 8. The van der Waals surface area contributed by atoms with E-state index < -0.39 is 20.2 Å². The molecule has 0 heterocycles. The molecule has 0 aromatic rings. The molecule has 0 saturated carbocycles. The van der Waals surface area contributed by atoms with Gasteiger partial charge in [-0.15, -0.1) is 0 Å². The number of hydrogen-bond acceptors (Lipinski definition) is 14. The monoisotopic (exact) mass is 552 g/mol. The first-order valence-corrected chi connectivity index (χ1v) is 13.5. The molecule has 214 valence electrons. The average Bonchev–Trinajstić information content (AvgIpc) is 2.67. The van der Waals surface area contributed by atoms with Gasteiger partial charge in [-0.25, -0.2) is 0 Å².